The van der Waals surface area contributed by atoms with E-state index in [4.69, 9.17) is 0 Å². The summed E-state index contributed by atoms with van der Waals surface area (Å²) in [5.74, 6) is -0.907. The van der Waals surface area contributed by atoms with Crippen molar-refractivity contribution in [1.82, 2.24) is 18.4 Å². The van der Waals surface area contributed by atoms with E-state index < -0.39 is 22.2 Å². The summed E-state index contributed by atoms with van der Waals surface area (Å²) in [6.45, 7) is 5.81. The smallest absolute Gasteiger partial charge is 0.325 e. The molecule has 2 fully saturated rings. The SMILES string of the molecule is Cc1cccc(C(C(=O)O)N2CCN(S(=O)(=O)N3CCN(C)CC3)CC2)c1. The molecule has 0 aromatic heterocycles. The zero-order valence-corrected chi connectivity index (χ0v) is 16.7. The monoisotopic (exact) mass is 396 g/mol. The summed E-state index contributed by atoms with van der Waals surface area (Å²) in [5, 5.41) is 9.74. The highest BCUT2D eigenvalue weighted by Crippen LogP contribution is 2.25. The molecule has 0 aliphatic carbocycles. The highest BCUT2D eigenvalue weighted by molar-refractivity contribution is 7.86. The number of hydrogen-bond acceptors (Lipinski definition) is 5. The van der Waals surface area contributed by atoms with Gasteiger partial charge in [0.15, 0.2) is 0 Å². The van der Waals surface area contributed by atoms with Gasteiger partial charge in [0.25, 0.3) is 10.2 Å². The molecule has 1 aromatic rings. The van der Waals surface area contributed by atoms with Gasteiger partial charge in [0.1, 0.15) is 6.04 Å². The topological polar surface area (TPSA) is 84.4 Å². The molecule has 1 atom stereocenters. The number of piperazine rings is 2. The Morgan fingerprint density at radius 2 is 1.56 bits per heavy atom. The Kier molecular flexibility index (Phi) is 6.17. The Morgan fingerprint density at radius 3 is 2.07 bits per heavy atom. The second-order valence-corrected chi connectivity index (χ2v) is 9.23. The fourth-order valence-electron chi connectivity index (χ4n) is 3.72. The van der Waals surface area contributed by atoms with E-state index in [1.54, 1.807) is 0 Å². The lowest BCUT2D eigenvalue weighted by atomic mass is 10.0. The van der Waals surface area contributed by atoms with Gasteiger partial charge in [0.05, 0.1) is 0 Å². The van der Waals surface area contributed by atoms with Crippen LogP contribution in [0.25, 0.3) is 0 Å². The third kappa shape index (κ3) is 4.49. The van der Waals surface area contributed by atoms with E-state index >= 15 is 0 Å². The lowest BCUT2D eigenvalue weighted by Gasteiger charge is -2.40. The maximum absolute atomic E-state index is 12.9. The van der Waals surface area contributed by atoms with Crippen LogP contribution in [0.15, 0.2) is 24.3 Å². The summed E-state index contributed by atoms with van der Waals surface area (Å²) in [6, 6.07) is 6.74. The van der Waals surface area contributed by atoms with Crippen LogP contribution in [-0.2, 0) is 15.0 Å². The Labute approximate surface area is 161 Å². The molecule has 1 N–H and O–H groups in total. The van der Waals surface area contributed by atoms with Crippen LogP contribution in [0, 0.1) is 6.92 Å². The van der Waals surface area contributed by atoms with Gasteiger partial charge in [-0.25, -0.2) is 0 Å². The number of aliphatic carboxylic acids is 1. The molecule has 0 amide bonds. The minimum absolute atomic E-state index is 0.310. The van der Waals surface area contributed by atoms with Crippen molar-refractivity contribution < 1.29 is 18.3 Å². The molecular weight excluding hydrogens is 368 g/mol. The van der Waals surface area contributed by atoms with Gasteiger partial charge in [-0.2, -0.15) is 17.0 Å². The average molecular weight is 397 g/mol. The van der Waals surface area contributed by atoms with Crippen LogP contribution in [0.3, 0.4) is 0 Å². The maximum Gasteiger partial charge on any atom is 0.325 e. The van der Waals surface area contributed by atoms with Crippen molar-refractivity contribution in [3.63, 3.8) is 0 Å². The van der Waals surface area contributed by atoms with E-state index in [0.29, 0.717) is 39.3 Å². The van der Waals surface area contributed by atoms with Crippen LogP contribution in [0.4, 0.5) is 0 Å². The quantitative estimate of drug-likeness (QED) is 0.767. The zero-order chi connectivity index (χ0) is 19.6. The molecule has 2 saturated heterocycles. The zero-order valence-electron chi connectivity index (χ0n) is 15.9. The Bertz CT molecular complexity index is 769. The first kappa shape index (κ1) is 20.2. The number of carboxylic acid groups (broad SMARTS) is 1. The summed E-state index contributed by atoms with van der Waals surface area (Å²) in [5.41, 5.74) is 1.74. The van der Waals surface area contributed by atoms with Crippen molar-refractivity contribution in [3.05, 3.63) is 35.4 Å². The fraction of sp³-hybridized carbons (Fsp3) is 0.611. The largest absolute Gasteiger partial charge is 0.480 e. The molecule has 0 bridgehead atoms. The Hall–Kier alpha value is -1.52. The van der Waals surface area contributed by atoms with Gasteiger partial charge in [-0.1, -0.05) is 29.8 Å². The third-order valence-electron chi connectivity index (χ3n) is 5.34. The van der Waals surface area contributed by atoms with Crippen LogP contribution in [0.1, 0.15) is 17.2 Å². The molecule has 1 unspecified atom stereocenters. The van der Waals surface area contributed by atoms with Crippen molar-refractivity contribution >= 4 is 16.2 Å². The number of nitrogens with zero attached hydrogens (tertiary/aromatic N) is 4. The lowest BCUT2D eigenvalue weighted by molar-refractivity contribution is -0.144. The molecule has 27 heavy (non-hydrogen) atoms. The van der Waals surface area contributed by atoms with Crippen molar-refractivity contribution in [2.45, 2.75) is 13.0 Å². The molecule has 2 heterocycles. The summed E-state index contributed by atoms with van der Waals surface area (Å²) >= 11 is 0. The maximum atomic E-state index is 12.9. The van der Waals surface area contributed by atoms with E-state index in [2.05, 4.69) is 4.90 Å². The van der Waals surface area contributed by atoms with Crippen LogP contribution in [0.5, 0.6) is 0 Å². The minimum atomic E-state index is -3.48. The number of aryl methyl sites for hydroxylation is 1. The highest BCUT2D eigenvalue weighted by atomic mass is 32.2. The minimum Gasteiger partial charge on any atom is -0.480 e. The van der Waals surface area contributed by atoms with Gasteiger partial charge in [0, 0.05) is 52.4 Å². The molecular formula is C18H28N4O4S. The molecule has 0 radical (unpaired) electrons. The number of likely N-dealkylation sites (N-methyl/N-ethyl adjacent to an activating group) is 1. The molecule has 0 spiro atoms. The molecule has 8 nitrogen and oxygen atoms in total. The molecule has 2 aliphatic heterocycles. The van der Waals surface area contributed by atoms with E-state index in [1.807, 2.05) is 43.1 Å². The number of hydrogen-bond donors (Lipinski definition) is 1. The number of benzene rings is 1. The average Bonchev–Trinajstić information content (AvgIpc) is 2.62. The normalized spacial score (nSPS) is 22.6. The number of rotatable bonds is 5. The van der Waals surface area contributed by atoms with Crippen molar-refractivity contribution in [2.75, 3.05) is 59.4 Å². The van der Waals surface area contributed by atoms with E-state index in [9.17, 15) is 18.3 Å². The van der Waals surface area contributed by atoms with Crippen molar-refractivity contribution in [2.24, 2.45) is 0 Å². The molecule has 2 aliphatic rings. The highest BCUT2D eigenvalue weighted by Gasteiger charge is 2.37. The van der Waals surface area contributed by atoms with Gasteiger partial charge in [0.2, 0.25) is 0 Å². The first-order valence-corrected chi connectivity index (χ1v) is 10.7. The van der Waals surface area contributed by atoms with Gasteiger partial charge in [-0.3, -0.25) is 9.69 Å². The van der Waals surface area contributed by atoms with Gasteiger partial charge in [-0.05, 0) is 19.5 Å². The second-order valence-electron chi connectivity index (χ2n) is 7.30. The van der Waals surface area contributed by atoms with Gasteiger partial charge < -0.3 is 10.0 Å². The molecule has 0 saturated carbocycles. The molecule has 150 valence electrons. The third-order valence-corrected chi connectivity index (χ3v) is 7.38. The first-order chi connectivity index (χ1) is 12.8. The summed E-state index contributed by atoms with van der Waals surface area (Å²) in [4.78, 5) is 15.8. The van der Waals surface area contributed by atoms with Crippen molar-refractivity contribution in [3.8, 4) is 0 Å². The van der Waals surface area contributed by atoms with Gasteiger partial charge in [-0.15, -0.1) is 0 Å². The fourth-order valence-corrected chi connectivity index (χ4v) is 5.30. The first-order valence-electron chi connectivity index (χ1n) is 9.26. The van der Waals surface area contributed by atoms with Gasteiger partial charge >= 0.3 is 5.97 Å². The summed E-state index contributed by atoms with van der Waals surface area (Å²) in [6.07, 6.45) is 0. The van der Waals surface area contributed by atoms with Crippen LogP contribution >= 0.6 is 0 Å². The molecule has 3 rings (SSSR count). The number of carboxylic acids is 1. The molecule has 1 aromatic carbocycles. The standard InChI is InChI=1S/C18H28N4O4S/c1-15-4-3-5-16(14-15)17(18(23)24)20-8-12-22(13-9-20)27(25,26)21-10-6-19(2)7-11-21/h3-5,14,17H,6-13H2,1-2H3,(H,23,24). The number of carbonyl (C=O) groups is 1. The van der Waals surface area contributed by atoms with E-state index in [0.717, 1.165) is 24.2 Å². The predicted molar refractivity (Wildman–Crippen MR) is 103 cm³/mol. The molecule has 9 heteroatoms. The van der Waals surface area contributed by atoms with Crippen LogP contribution in [-0.4, -0.2) is 97.3 Å². The summed E-state index contributed by atoms with van der Waals surface area (Å²) in [7, 11) is -1.50. The Balaban J connectivity index is 1.67. The second kappa shape index (κ2) is 8.24. The van der Waals surface area contributed by atoms with Crippen LogP contribution in [0.2, 0.25) is 0 Å². The van der Waals surface area contributed by atoms with Crippen LogP contribution < -0.4 is 0 Å². The van der Waals surface area contributed by atoms with Crippen molar-refractivity contribution in [1.29, 1.82) is 0 Å². The predicted octanol–water partition coefficient (Wildman–Crippen LogP) is 0.231. The van der Waals surface area contributed by atoms with E-state index in [-0.39, 0.29) is 0 Å². The van der Waals surface area contributed by atoms with E-state index in [1.165, 1.54) is 8.61 Å². The Morgan fingerprint density at radius 1 is 1.00 bits per heavy atom. The summed E-state index contributed by atoms with van der Waals surface area (Å²) < 4.78 is 28.8. The lowest BCUT2D eigenvalue weighted by Crippen LogP contribution is -2.57.